The molecule has 5 nitrogen and oxygen atoms in total. The number of carboxylic acids is 1. The Labute approximate surface area is 109 Å². The van der Waals surface area contributed by atoms with Gasteiger partial charge in [-0.3, -0.25) is 0 Å². The Morgan fingerprint density at radius 2 is 2.05 bits per heavy atom. The lowest BCUT2D eigenvalue weighted by atomic mass is 10.1. The number of hydrogen-bond acceptors (Lipinski definition) is 3. The number of aryl methyl sites for hydroxylation is 1. The summed E-state index contributed by atoms with van der Waals surface area (Å²) < 4.78 is 1.99. The van der Waals surface area contributed by atoms with Crippen LogP contribution < -0.4 is 0 Å². The summed E-state index contributed by atoms with van der Waals surface area (Å²) in [7, 11) is 1.95. The van der Waals surface area contributed by atoms with Crippen molar-refractivity contribution in [3.05, 3.63) is 48.5 Å². The Balaban J connectivity index is 2.25. The van der Waals surface area contributed by atoms with Crippen LogP contribution in [0, 0.1) is 0 Å². The molecule has 3 rings (SSSR count). The molecule has 0 aliphatic carbocycles. The van der Waals surface area contributed by atoms with Crippen molar-refractivity contribution in [1.82, 2.24) is 14.5 Å². The van der Waals surface area contributed by atoms with Crippen molar-refractivity contribution in [1.29, 1.82) is 0 Å². The van der Waals surface area contributed by atoms with Crippen LogP contribution in [0.4, 0.5) is 0 Å². The quantitative estimate of drug-likeness (QED) is 0.761. The molecule has 0 aliphatic heterocycles. The number of carbonyl (C=O) groups is 1. The third-order valence-corrected chi connectivity index (χ3v) is 3.02. The van der Waals surface area contributed by atoms with E-state index in [1.54, 1.807) is 6.07 Å². The summed E-state index contributed by atoms with van der Waals surface area (Å²) in [6, 6.07) is 9.64. The van der Waals surface area contributed by atoms with Gasteiger partial charge in [0, 0.05) is 35.9 Å². The highest BCUT2D eigenvalue weighted by atomic mass is 16.4. The van der Waals surface area contributed by atoms with E-state index in [9.17, 15) is 4.79 Å². The molecule has 0 spiro atoms. The molecule has 0 saturated carbocycles. The van der Waals surface area contributed by atoms with Gasteiger partial charge >= 0.3 is 5.97 Å². The van der Waals surface area contributed by atoms with Gasteiger partial charge in [0.05, 0.1) is 5.69 Å². The molecule has 2 aromatic heterocycles. The zero-order chi connectivity index (χ0) is 13.4. The molecule has 1 N–H and O–H groups in total. The van der Waals surface area contributed by atoms with E-state index >= 15 is 0 Å². The topological polar surface area (TPSA) is 68.0 Å². The summed E-state index contributed by atoms with van der Waals surface area (Å²) in [6.07, 6.45) is 3.41. The molecular formula is C14H11N3O2. The highest BCUT2D eigenvalue weighted by molar-refractivity contribution is 5.95. The van der Waals surface area contributed by atoms with E-state index in [2.05, 4.69) is 9.97 Å². The second-order valence-corrected chi connectivity index (χ2v) is 4.24. The number of benzene rings is 1. The van der Waals surface area contributed by atoms with Crippen LogP contribution in [0.25, 0.3) is 22.2 Å². The Bertz CT molecular complexity index is 777. The van der Waals surface area contributed by atoms with Crippen molar-refractivity contribution >= 4 is 16.9 Å². The van der Waals surface area contributed by atoms with Crippen LogP contribution in [0.3, 0.4) is 0 Å². The standard InChI is InChI=1S/C14H11N3O2/c1-17-8-10(9-4-2-3-5-12(9)17)11-6-7-15-13(16-11)14(18)19/h2-8H,1H3,(H,18,19). The van der Waals surface area contributed by atoms with Crippen molar-refractivity contribution in [2.75, 3.05) is 0 Å². The Kier molecular flexibility index (Phi) is 2.52. The lowest BCUT2D eigenvalue weighted by Gasteiger charge is -1.99. The molecule has 0 amide bonds. The fourth-order valence-electron chi connectivity index (χ4n) is 2.16. The van der Waals surface area contributed by atoms with Gasteiger partial charge in [0.25, 0.3) is 0 Å². The maximum absolute atomic E-state index is 10.9. The summed E-state index contributed by atoms with van der Waals surface area (Å²) in [5.74, 6) is -1.31. The molecule has 0 bridgehead atoms. The van der Waals surface area contributed by atoms with E-state index in [0.717, 1.165) is 16.5 Å². The molecule has 0 unspecified atom stereocenters. The Morgan fingerprint density at radius 1 is 1.26 bits per heavy atom. The summed E-state index contributed by atoms with van der Waals surface area (Å²) >= 11 is 0. The second-order valence-electron chi connectivity index (χ2n) is 4.24. The largest absolute Gasteiger partial charge is 0.475 e. The van der Waals surface area contributed by atoms with Gasteiger partial charge in [-0.15, -0.1) is 0 Å². The van der Waals surface area contributed by atoms with E-state index in [4.69, 9.17) is 5.11 Å². The number of aromatic carboxylic acids is 1. The highest BCUT2D eigenvalue weighted by Gasteiger charge is 2.12. The third-order valence-electron chi connectivity index (χ3n) is 3.02. The average molecular weight is 253 g/mol. The van der Waals surface area contributed by atoms with Gasteiger partial charge < -0.3 is 9.67 Å². The molecule has 5 heteroatoms. The van der Waals surface area contributed by atoms with Crippen molar-refractivity contribution in [3.63, 3.8) is 0 Å². The molecule has 0 fully saturated rings. The van der Waals surface area contributed by atoms with Crippen LogP contribution >= 0.6 is 0 Å². The third kappa shape index (κ3) is 1.85. The fraction of sp³-hybridized carbons (Fsp3) is 0.0714. The SMILES string of the molecule is Cn1cc(-c2ccnc(C(=O)O)n2)c2ccccc21. The van der Waals surface area contributed by atoms with Gasteiger partial charge in [-0.2, -0.15) is 0 Å². The van der Waals surface area contributed by atoms with Gasteiger partial charge in [0.1, 0.15) is 0 Å². The first kappa shape index (κ1) is 11.4. The molecule has 94 valence electrons. The highest BCUT2D eigenvalue weighted by Crippen LogP contribution is 2.28. The van der Waals surface area contributed by atoms with Gasteiger partial charge in [0.2, 0.25) is 5.82 Å². The number of para-hydroxylation sites is 1. The first-order valence-electron chi connectivity index (χ1n) is 5.77. The number of fused-ring (bicyclic) bond motifs is 1. The predicted octanol–water partition coefficient (Wildman–Crippen LogP) is 2.33. The minimum Gasteiger partial charge on any atom is -0.475 e. The van der Waals surface area contributed by atoms with E-state index in [-0.39, 0.29) is 5.82 Å². The normalized spacial score (nSPS) is 10.8. The van der Waals surface area contributed by atoms with Crippen LogP contribution in [0.5, 0.6) is 0 Å². The molecule has 1 aromatic carbocycles. The Morgan fingerprint density at radius 3 is 2.84 bits per heavy atom. The Hall–Kier alpha value is -2.69. The van der Waals surface area contributed by atoms with Gasteiger partial charge in [0.15, 0.2) is 0 Å². The van der Waals surface area contributed by atoms with Crippen molar-refractivity contribution in [2.45, 2.75) is 0 Å². The minimum atomic E-state index is -1.12. The first-order chi connectivity index (χ1) is 9.16. The molecular weight excluding hydrogens is 242 g/mol. The maximum Gasteiger partial charge on any atom is 0.373 e. The van der Waals surface area contributed by atoms with Crippen molar-refractivity contribution in [2.24, 2.45) is 7.05 Å². The lowest BCUT2D eigenvalue weighted by molar-refractivity contribution is 0.0683. The monoisotopic (exact) mass is 253 g/mol. The summed E-state index contributed by atoms with van der Waals surface area (Å²) in [5.41, 5.74) is 2.60. The lowest BCUT2D eigenvalue weighted by Crippen LogP contribution is -2.03. The van der Waals surface area contributed by atoms with E-state index in [1.165, 1.54) is 6.20 Å². The molecule has 3 aromatic rings. The van der Waals surface area contributed by atoms with Crippen LogP contribution in [0.2, 0.25) is 0 Å². The zero-order valence-corrected chi connectivity index (χ0v) is 10.2. The summed E-state index contributed by atoms with van der Waals surface area (Å²) in [6.45, 7) is 0. The first-order valence-corrected chi connectivity index (χ1v) is 5.77. The van der Waals surface area contributed by atoms with E-state index in [1.807, 2.05) is 42.1 Å². The maximum atomic E-state index is 10.9. The minimum absolute atomic E-state index is 0.189. The number of rotatable bonds is 2. The predicted molar refractivity (Wildman–Crippen MR) is 70.9 cm³/mol. The number of hydrogen-bond donors (Lipinski definition) is 1. The smallest absolute Gasteiger partial charge is 0.373 e. The van der Waals surface area contributed by atoms with E-state index in [0.29, 0.717) is 5.69 Å². The molecule has 2 heterocycles. The second kappa shape index (κ2) is 4.20. The zero-order valence-electron chi connectivity index (χ0n) is 10.2. The molecule has 0 aliphatic rings. The van der Waals surface area contributed by atoms with Crippen molar-refractivity contribution in [3.8, 4) is 11.3 Å². The molecule has 0 atom stereocenters. The molecule has 19 heavy (non-hydrogen) atoms. The molecule has 0 saturated heterocycles. The van der Waals surface area contributed by atoms with Gasteiger partial charge in [-0.1, -0.05) is 18.2 Å². The van der Waals surface area contributed by atoms with Crippen LogP contribution in [0.15, 0.2) is 42.7 Å². The van der Waals surface area contributed by atoms with E-state index < -0.39 is 5.97 Å². The van der Waals surface area contributed by atoms with Crippen LogP contribution in [-0.4, -0.2) is 25.6 Å². The summed E-state index contributed by atoms with van der Waals surface area (Å²) in [4.78, 5) is 18.7. The number of nitrogens with zero attached hydrogens (tertiary/aromatic N) is 3. The van der Waals surface area contributed by atoms with Crippen molar-refractivity contribution < 1.29 is 9.90 Å². The summed E-state index contributed by atoms with van der Waals surface area (Å²) in [5, 5.41) is 9.99. The van der Waals surface area contributed by atoms with Gasteiger partial charge in [-0.05, 0) is 12.1 Å². The molecule has 0 radical (unpaired) electrons. The van der Waals surface area contributed by atoms with Crippen LogP contribution in [0.1, 0.15) is 10.6 Å². The number of aromatic nitrogens is 3. The number of carboxylic acid groups (broad SMARTS) is 1. The fourth-order valence-corrected chi connectivity index (χ4v) is 2.16. The average Bonchev–Trinajstić information content (AvgIpc) is 2.77. The van der Waals surface area contributed by atoms with Gasteiger partial charge in [-0.25, -0.2) is 14.8 Å². The van der Waals surface area contributed by atoms with Crippen LogP contribution in [-0.2, 0) is 7.05 Å².